The molecule has 0 aromatic heterocycles. The largest absolute Gasteiger partial charge is 0.380 e. The van der Waals surface area contributed by atoms with Crippen LogP contribution in [0.25, 0.3) is 0 Å². The van der Waals surface area contributed by atoms with E-state index in [1.807, 2.05) is 19.1 Å². The van der Waals surface area contributed by atoms with Crippen LogP contribution < -0.4 is 5.32 Å². The Bertz CT molecular complexity index is 559. The smallest absolute Gasteiger partial charge is 0.152 e. The Hall–Kier alpha value is -1.54. The predicted octanol–water partition coefficient (Wildman–Crippen LogP) is 2.10. The van der Waals surface area contributed by atoms with Crippen molar-refractivity contribution in [2.75, 3.05) is 16.8 Å². The number of aryl methyl sites for hydroxylation is 1. The second-order valence-electron chi connectivity index (χ2n) is 4.35. The molecular weight excluding hydrogens is 248 g/mol. The van der Waals surface area contributed by atoms with Crippen LogP contribution in [-0.4, -0.2) is 26.0 Å². The number of nitriles is 1. The molecule has 0 heterocycles. The Kier molecular flexibility index (Phi) is 4.74. The topological polar surface area (TPSA) is 70.0 Å². The monoisotopic (exact) mass is 266 g/mol. The molecule has 0 spiro atoms. The van der Waals surface area contributed by atoms with Gasteiger partial charge in [0.2, 0.25) is 0 Å². The summed E-state index contributed by atoms with van der Waals surface area (Å²) in [4.78, 5) is 0. The van der Waals surface area contributed by atoms with E-state index in [1.54, 1.807) is 19.9 Å². The van der Waals surface area contributed by atoms with Crippen molar-refractivity contribution >= 4 is 15.5 Å². The summed E-state index contributed by atoms with van der Waals surface area (Å²) >= 11 is 0. The van der Waals surface area contributed by atoms with Crippen LogP contribution in [0.4, 0.5) is 5.69 Å². The molecule has 0 saturated carbocycles. The number of sulfone groups is 1. The summed E-state index contributed by atoms with van der Waals surface area (Å²) in [6.07, 6.45) is 0. The Morgan fingerprint density at radius 3 is 2.67 bits per heavy atom. The van der Waals surface area contributed by atoms with Crippen molar-refractivity contribution in [3.8, 4) is 6.07 Å². The summed E-state index contributed by atoms with van der Waals surface area (Å²) in [7, 11) is -3.01. The molecule has 0 fully saturated rings. The maximum atomic E-state index is 11.5. The fraction of sp³-hybridized carbons (Fsp3) is 0.462. The van der Waals surface area contributed by atoms with Gasteiger partial charge in [-0.1, -0.05) is 19.1 Å². The molecule has 98 valence electrons. The number of benzene rings is 1. The first-order chi connectivity index (χ1) is 8.39. The molecule has 1 aromatic carbocycles. The lowest BCUT2D eigenvalue weighted by molar-refractivity contribution is 0.593. The van der Waals surface area contributed by atoms with Gasteiger partial charge in [-0.25, -0.2) is 8.42 Å². The van der Waals surface area contributed by atoms with Crippen molar-refractivity contribution in [2.24, 2.45) is 0 Å². The van der Waals surface area contributed by atoms with Gasteiger partial charge in [0, 0.05) is 11.8 Å². The fourth-order valence-electron chi connectivity index (χ4n) is 1.74. The van der Waals surface area contributed by atoms with Crippen molar-refractivity contribution in [1.29, 1.82) is 5.26 Å². The molecule has 0 aliphatic heterocycles. The summed E-state index contributed by atoms with van der Waals surface area (Å²) in [5.41, 5.74) is 2.14. The quantitative estimate of drug-likeness (QED) is 0.886. The highest BCUT2D eigenvalue weighted by Gasteiger charge is 2.15. The van der Waals surface area contributed by atoms with Gasteiger partial charge in [-0.3, -0.25) is 0 Å². The van der Waals surface area contributed by atoms with Crippen LogP contribution in [0, 0.1) is 18.3 Å². The second-order valence-corrected chi connectivity index (χ2v) is 6.75. The first kappa shape index (κ1) is 14.5. The summed E-state index contributed by atoms with van der Waals surface area (Å²) in [6.45, 7) is 5.29. The molecule has 1 rings (SSSR count). The lowest BCUT2D eigenvalue weighted by Crippen LogP contribution is -2.27. The number of nitrogens with one attached hydrogen (secondary N) is 1. The predicted molar refractivity (Wildman–Crippen MR) is 73.3 cm³/mol. The van der Waals surface area contributed by atoms with E-state index < -0.39 is 9.84 Å². The summed E-state index contributed by atoms with van der Waals surface area (Å²) in [5.74, 6) is 0.209. The molecule has 1 N–H and O–H groups in total. The molecule has 0 radical (unpaired) electrons. The van der Waals surface area contributed by atoms with E-state index in [1.165, 1.54) is 0 Å². The number of nitrogens with zero attached hydrogens (tertiary/aromatic N) is 1. The Labute approximate surface area is 109 Å². The highest BCUT2D eigenvalue weighted by molar-refractivity contribution is 7.91. The Morgan fingerprint density at radius 2 is 2.11 bits per heavy atom. The molecule has 18 heavy (non-hydrogen) atoms. The average Bonchev–Trinajstić information content (AvgIpc) is 2.28. The third-order valence-corrected chi connectivity index (χ3v) is 4.62. The summed E-state index contributed by atoms with van der Waals surface area (Å²) < 4.78 is 23.0. The van der Waals surface area contributed by atoms with Crippen molar-refractivity contribution in [3.63, 3.8) is 0 Å². The van der Waals surface area contributed by atoms with E-state index in [0.717, 1.165) is 5.56 Å². The minimum atomic E-state index is -3.01. The summed E-state index contributed by atoms with van der Waals surface area (Å²) in [6, 6.07) is 7.41. The van der Waals surface area contributed by atoms with Crippen LogP contribution in [0.1, 0.15) is 25.0 Å². The highest BCUT2D eigenvalue weighted by Crippen LogP contribution is 2.19. The molecule has 0 aliphatic rings. The average molecular weight is 266 g/mol. The van der Waals surface area contributed by atoms with E-state index in [2.05, 4.69) is 11.4 Å². The van der Waals surface area contributed by atoms with Gasteiger partial charge in [0.05, 0.1) is 17.0 Å². The van der Waals surface area contributed by atoms with E-state index in [4.69, 9.17) is 5.26 Å². The Balaban J connectivity index is 2.87. The lowest BCUT2D eigenvalue weighted by Gasteiger charge is -2.16. The number of anilines is 1. The van der Waals surface area contributed by atoms with Gasteiger partial charge in [0.1, 0.15) is 6.07 Å². The van der Waals surface area contributed by atoms with Crippen LogP contribution in [-0.2, 0) is 9.84 Å². The van der Waals surface area contributed by atoms with Gasteiger partial charge in [-0.2, -0.15) is 5.26 Å². The third kappa shape index (κ3) is 3.74. The van der Waals surface area contributed by atoms with Gasteiger partial charge < -0.3 is 5.32 Å². The molecule has 0 bridgehead atoms. The van der Waals surface area contributed by atoms with Crippen LogP contribution in [0.2, 0.25) is 0 Å². The summed E-state index contributed by atoms with van der Waals surface area (Å²) in [5, 5.41) is 12.2. The molecule has 1 unspecified atom stereocenters. The van der Waals surface area contributed by atoms with E-state index in [0.29, 0.717) is 11.3 Å². The van der Waals surface area contributed by atoms with Gasteiger partial charge >= 0.3 is 0 Å². The zero-order valence-corrected chi connectivity index (χ0v) is 11.7. The fourth-order valence-corrected chi connectivity index (χ4v) is 2.82. The van der Waals surface area contributed by atoms with Crippen LogP contribution in [0.15, 0.2) is 18.2 Å². The van der Waals surface area contributed by atoms with Crippen molar-refractivity contribution < 1.29 is 8.42 Å². The molecule has 1 aromatic rings. The zero-order chi connectivity index (χ0) is 13.8. The lowest BCUT2D eigenvalue weighted by atomic mass is 10.1. The minimum absolute atomic E-state index is 0.0717. The van der Waals surface area contributed by atoms with E-state index in [-0.39, 0.29) is 17.5 Å². The van der Waals surface area contributed by atoms with Crippen LogP contribution >= 0.6 is 0 Å². The molecule has 0 amide bonds. The first-order valence-electron chi connectivity index (χ1n) is 5.86. The van der Waals surface area contributed by atoms with Crippen LogP contribution in [0.3, 0.4) is 0 Å². The van der Waals surface area contributed by atoms with Gasteiger partial charge in [0.25, 0.3) is 0 Å². The number of hydrogen-bond donors (Lipinski definition) is 1. The minimum Gasteiger partial charge on any atom is -0.380 e. The molecule has 4 nitrogen and oxygen atoms in total. The zero-order valence-electron chi connectivity index (χ0n) is 10.9. The Morgan fingerprint density at radius 1 is 1.44 bits per heavy atom. The van der Waals surface area contributed by atoms with Gasteiger partial charge in [-0.05, 0) is 25.5 Å². The number of rotatable bonds is 5. The molecule has 1 atom stereocenters. The number of hydrogen-bond acceptors (Lipinski definition) is 4. The van der Waals surface area contributed by atoms with Gasteiger partial charge in [-0.15, -0.1) is 0 Å². The first-order valence-corrected chi connectivity index (χ1v) is 7.68. The van der Waals surface area contributed by atoms with Crippen molar-refractivity contribution in [2.45, 2.75) is 26.8 Å². The molecule has 5 heteroatoms. The van der Waals surface area contributed by atoms with E-state index >= 15 is 0 Å². The molecule has 0 saturated heterocycles. The van der Waals surface area contributed by atoms with Crippen molar-refractivity contribution in [3.05, 3.63) is 29.3 Å². The highest BCUT2D eigenvalue weighted by atomic mass is 32.2. The maximum absolute atomic E-state index is 11.5. The third-order valence-electron chi connectivity index (χ3n) is 2.73. The standard InChI is InChI=1S/C13H18N2O2S/c1-4-18(16,17)9-11(3)15-13-7-5-6-10(2)12(13)8-14/h5-7,11,15H,4,9H2,1-3H3. The molecular formula is C13H18N2O2S. The molecule has 0 aliphatic carbocycles. The van der Waals surface area contributed by atoms with E-state index in [9.17, 15) is 8.42 Å². The second kappa shape index (κ2) is 5.87. The normalized spacial score (nSPS) is 12.8. The SMILES string of the molecule is CCS(=O)(=O)CC(C)Nc1cccc(C)c1C#N. The maximum Gasteiger partial charge on any atom is 0.152 e. The van der Waals surface area contributed by atoms with Gasteiger partial charge in [0.15, 0.2) is 9.84 Å². The van der Waals surface area contributed by atoms with Crippen molar-refractivity contribution in [1.82, 2.24) is 0 Å². The van der Waals surface area contributed by atoms with Crippen LogP contribution in [0.5, 0.6) is 0 Å².